The van der Waals surface area contributed by atoms with Gasteiger partial charge in [-0.2, -0.15) is 0 Å². The van der Waals surface area contributed by atoms with Crippen molar-refractivity contribution < 1.29 is 0 Å². The highest BCUT2D eigenvalue weighted by molar-refractivity contribution is 8.03. The second kappa shape index (κ2) is 7.80. The summed E-state index contributed by atoms with van der Waals surface area (Å²) in [5.41, 5.74) is 8.95. The first-order chi connectivity index (χ1) is 12.1. The quantitative estimate of drug-likeness (QED) is 0.800. The molecule has 0 aromatic carbocycles. The summed E-state index contributed by atoms with van der Waals surface area (Å²) in [6.45, 7) is 10.9. The maximum atomic E-state index is 5.85. The summed E-state index contributed by atoms with van der Waals surface area (Å²) in [7, 11) is 0. The molecule has 1 aliphatic heterocycles. The van der Waals surface area contributed by atoms with Crippen LogP contribution in [0.5, 0.6) is 0 Å². The standard InChI is InChI=1S/C19H23N5S/c1-13(2)17-7-5-15-4-6-16(8-9-20)24(19(15)23-17)14(3)25-18-12-21-10-11-22-18/h5,7,10-12,16H,1,3-4,6,8-9,20H2,2H3. The van der Waals surface area contributed by atoms with Gasteiger partial charge in [0.05, 0.1) is 16.9 Å². The van der Waals surface area contributed by atoms with Crippen LogP contribution in [0.15, 0.2) is 53.9 Å². The van der Waals surface area contributed by atoms with Gasteiger partial charge in [-0.05, 0) is 49.9 Å². The number of hydrogen-bond donors (Lipinski definition) is 1. The van der Waals surface area contributed by atoms with Gasteiger partial charge in [-0.3, -0.25) is 4.98 Å². The maximum Gasteiger partial charge on any atom is 0.137 e. The zero-order valence-electron chi connectivity index (χ0n) is 14.5. The largest absolute Gasteiger partial charge is 0.330 e. The molecule has 0 amide bonds. The third-order valence-corrected chi connectivity index (χ3v) is 5.12. The zero-order chi connectivity index (χ0) is 17.8. The van der Waals surface area contributed by atoms with Gasteiger partial charge in [0.2, 0.25) is 0 Å². The van der Waals surface area contributed by atoms with E-state index in [0.717, 1.165) is 46.4 Å². The molecule has 0 radical (unpaired) electrons. The van der Waals surface area contributed by atoms with Crippen LogP contribution in [0.1, 0.15) is 31.0 Å². The number of nitrogens with two attached hydrogens (primary N) is 1. The second-order valence-electron chi connectivity index (χ2n) is 6.14. The number of hydrogen-bond acceptors (Lipinski definition) is 6. The van der Waals surface area contributed by atoms with Crippen LogP contribution in [0.25, 0.3) is 5.57 Å². The molecule has 5 nitrogen and oxygen atoms in total. The average molecular weight is 353 g/mol. The Kier molecular flexibility index (Phi) is 5.50. The normalized spacial score (nSPS) is 16.4. The van der Waals surface area contributed by atoms with Gasteiger partial charge >= 0.3 is 0 Å². The van der Waals surface area contributed by atoms with Gasteiger partial charge in [0, 0.05) is 18.4 Å². The van der Waals surface area contributed by atoms with Crippen molar-refractivity contribution >= 4 is 23.2 Å². The minimum Gasteiger partial charge on any atom is -0.330 e. The molecule has 1 atom stereocenters. The minimum atomic E-state index is 0.294. The summed E-state index contributed by atoms with van der Waals surface area (Å²) in [6.07, 6.45) is 8.05. The highest BCUT2D eigenvalue weighted by Gasteiger charge is 2.29. The lowest BCUT2D eigenvalue weighted by Crippen LogP contribution is -2.39. The Morgan fingerprint density at radius 2 is 2.20 bits per heavy atom. The third kappa shape index (κ3) is 3.91. The average Bonchev–Trinajstić information content (AvgIpc) is 2.62. The van der Waals surface area contributed by atoms with Crippen molar-refractivity contribution in [2.45, 2.75) is 37.3 Å². The molecule has 2 aromatic heterocycles. The Hall–Kier alpha value is -2.18. The molecule has 0 bridgehead atoms. The van der Waals surface area contributed by atoms with E-state index in [2.05, 4.69) is 34.1 Å². The molecule has 0 saturated carbocycles. The molecule has 1 unspecified atom stereocenters. The lowest BCUT2D eigenvalue weighted by atomic mass is 9.96. The number of allylic oxidation sites excluding steroid dienone is 1. The van der Waals surface area contributed by atoms with Crippen LogP contribution in [-0.2, 0) is 6.42 Å². The molecule has 0 spiro atoms. The van der Waals surface area contributed by atoms with Gasteiger partial charge in [-0.25, -0.2) is 9.97 Å². The summed E-state index contributed by atoms with van der Waals surface area (Å²) in [5, 5.41) is 1.72. The lowest BCUT2D eigenvalue weighted by Gasteiger charge is -2.38. The molecule has 3 heterocycles. The van der Waals surface area contributed by atoms with Crippen LogP contribution in [0.2, 0.25) is 0 Å². The molecule has 6 heteroatoms. The SMILES string of the molecule is C=C(C)c1ccc2c(n1)N(C(=C)Sc1cnccn1)C(CCN)CC2. The minimum absolute atomic E-state index is 0.294. The molecule has 0 aliphatic carbocycles. The van der Waals surface area contributed by atoms with E-state index in [0.29, 0.717) is 12.6 Å². The number of anilines is 1. The van der Waals surface area contributed by atoms with Gasteiger partial charge in [0.15, 0.2) is 0 Å². The van der Waals surface area contributed by atoms with Crippen LogP contribution in [0, 0.1) is 0 Å². The zero-order valence-corrected chi connectivity index (χ0v) is 15.3. The molecule has 25 heavy (non-hydrogen) atoms. The number of aryl methyl sites for hydroxylation is 1. The monoisotopic (exact) mass is 353 g/mol. The number of nitrogens with zero attached hydrogens (tertiary/aromatic N) is 4. The van der Waals surface area contributed by atoms with Crippen LogP contribution >= 0.6 is 11.8 Å². The van der Waals surface area contributed by atoms with Crippen LogP contribution in [-0.4, -0.2) is 27.5 Å². The van der Waals surface area contributed by atoms with E-state index in [4.69, 9.17) is 10.7 Å². The fourth-order valence-electron chi connectivity index (χ4n) is 3.04. The smallest absolute Gasteiger partial charge is 0.137 e. The van der Waals surface area contributed by atoms with E-state index in [-0.39, 0.29) is 0 Å². The van der Waals surface area contributed by atoms with Gasteiger partial charge in [0.1, 0.15) is 10.8 Å². The molecule has 0 fully saturated rings. The Morgan fingerprint density at radius 1 is 1.36 bits per heavy atom. The third-order valence-electron chi connectivity index (χ3n) is 4.26. The fourth-order valence-corrected chi connectivity index (χ4v) is 3.84. The Morgan fingerprint density at radius 3 is 2.88 bits per heavy atom. The number of aromatic nitrogens is 3. The number of pyridine rings is 1. The number of fused-ring (bicyclic) bond motifs is 1. The van der Waals surface area contributed by atoms with Gasteiger partial charge in [-0.15, -0.1) is 0 Å². The van der Waals surface area contributed by atoms with E-state index in [1.54, 1.807) is 18.6 Å². The molecule has 2 aromatic rings. The summed E-state index contributed by atoms with van der Waals surface area (Å²) < 4.78 is 0. The topological polar surface area (TPSA) is 67.9 Å². The van der Waals surface area contributed by atoms with Crippen molar-refractivity contribution in [1.29, 1.82) is 0 Å². The summed E-state index contributed by atoms with van der Waals surface area (Å²) in [4.78, 5) is 15.6. The van der Waals surface area contributed by atoms with Crippen molar-refractivity contribution in [2.24, 2.45) is 5.73 Å². The molecule has 2 N–H and O–H groups in total. The molecular formula is C19H23N5S. The Bertz CT molecular complexity index is 775. The lowest BCUT2D eigenvalue weighted by molar-refractivity contribution is 0.531. The molecule has 3 rings (SSSR count). The Balaban J connectivity index is 1.96. The summed E-state index contributed by atoms with van der Waals surface area (Å²) >= 11 is 1.51. The summed E-state index contributed by atoms with van der Waals surface area (Å²) in [5.74, 6) is 0.964. The van der Waals surface area contributed by atoms with Gasteiger partial charge in [-0.1, -0.05) is 31.0 Å². The molecule has 1 aliphatic rings. The first kappa shape index (κ1) is 17.6. The number of thioether (sulfide) groups is 1. The van der Waals surface area contributed by atoms with Crippen molar-refractivity contribution in [3.8, 4) is 0 Å². The maximum absolute atomic E-state index is 5.85. The predicted octanol–water partition coefficient (Wildman–Crippen LogP) is 3.64. The van der Waals surface area contributed by atoms with Gasteiger partial charge in [0.25, 0.3) is 0 Å². The van der Waals surface area contributed by atoms with E-state index >= 15 is 0 Å². The molecular weight excluding hydrogens is 330 g/mol. The van der Waals surface area contributed by atoms with E-state index in [1.807, 2.05) is 13.0 Å². The van der Waals surface area contributed by atoms with Crippen molar-refractivity contribution in [1.82, 2.24) is 15.0 Å². The van der Waals surface area contributed by atoms with Crippen molar-refractivity contribution in [2.75, 3.05) is 11.4 Å². The van der Waals surface area contributed by atoms with Crippen LogP contribution in [0.3, 0.4) is 0 Å². The highest BCUT2D eigenvalue weighted by Crippen LogP contribution is 2.38. The second-order valence-corrected chi connectivity index (χ2v) is 7.23. The van der Waals surface area contributed by atoms with Gasteiger partial charge < -0.3 is 10.6 Å². The molecule has 130 valence electrons. The first-order valence-electron chi connectivity index (χ1n) is 8.38. The fraction of sp³-hybridized carbons (Fsp3) is 0.316. The van der Waals surface area contributed by atoms with E-state index in [1.165, 1.54) is 17.3 Å². The van der Waals surface area contributed by atoms with Crippen LogP contribution < -0.4 is 10.6 Å². The van der Waals surface area contributed by atoms with E-state index < -0.39 is 0 Å². The van der Waals surface area contributed by atoms with Crippen molar-refractivity contribution in [3.05, 3.63) is 60.2 Å². The van der Waals surface area contributed by atoms with Crippen LogP contribution in [0.4, 0.5) is 5.82 Å². The summed E-state index contributed by atoms with van der Waals surface area (Å²) in [6, 6.07) is 4.49. The van der Waals surface area contributed by atoms with E-state index in [9.17, 15) is 0 Å². The predicted molar refractivity (Wildman–Crippen MR) is 104 cm³/mol. The van der Waals surface area contributed by atoms with Crippen molar-refractivity contribution in [3.63, 3.8) is 0 Å². The first-order valence-corrected chi connectivity index (χ1v) is 9.19. The Labute approximate surface area is 153 Å². The number of rotatable bonds is 6. The highest BCUT2D eigenvalue weighted by atomic mass is 32.2. The molecule has 0 saturated heterocycles.